The van der Waals surface area contributed by atoms with Gasteiger partial charge in [0.1, 0.15) is 0 Å². The Morgan fingerprint density at radius 3 is 2.60 bits per heavy atom. The lowest BCUT2D eigenvalue weighted by molar-refractivity contribution is -0.162. The van der Waals surface area contributed by atoms with Gasteiger partial charge in [0.2, 0.25) is 0 Å². The van der Waals surface area contributed by atoms with Crippen LogP contribution in [0, 0.1) is 11.3 Å². The van der Waals surface area contributed by atoms with Crippen molar-refractivity contribution >= 4 is 0 Å². The minimum atomic E-state index is 0.472. The van der Waals surface area contributed by atoms with Crippen LogP contribution in [0.15, 0.2) is 0 Å². The van der Waals surface area contributed by atoms with E-state index in [0.717, 1.165) is 32.3 Å². The Labute approximate surface area is 123 Å². The predicted molar refractivity (Wildman–Crippen MR) is 80.9 cm³/mol. The molecule has 2 unspecified atom stereocenters. The second kappa shape index (κ2) is 6.76. The molecule has 1 spiro atoms. The van der Waals surface area contributed by atoms with E-state index < -0.39 is 0 Å². The van der Waals surface area contributed by atoms with E-state index in [4.69, 9.17) is 9.47 Å². The molecule has 1 saturated heterocycles. The van der Waals surface area contributed by atoms with Gasteiger partial charge in [0.25, 0.3) is 0 Å². The van der Waals surface area contributed by atoms with Gasteiger partial charge in [-0.05, 0) is 44.6 Å². The van der Waals surface area contributed by atoms with Gasteiger partial charge in [0.05, 0.1) is 6.10 Å². The van der Waals surface area contributed by atoms with E-state index in [2.05, 4.69) is 12.2 Å². The fourth-order valence-electron chi connectivity index (χ4n) is 4.56. The summed E-state index contributed by atoms with van der Waals surface area (Å²) in [5.74, 6) is 0.738. The van der Waals surface area contributed by atoms with Crippen molar-refractivity contribution in [3.05, 3.63) is 0 Å². The molecule has 3 rings (SSSR count). The minimum absolute atomic E-state index is 0.472. The highest BCUT2D eigenvalue weighted by Gasteiger charge is 2.55. The van der Waals surface area contributed by atoms with Crippen molar-refractivity contribution in [2.24, 2.45) is 11.3 Å². The largest absolute Gasteiger partial charge is 0.381 e. The SMILES string of the molecule is CCNC1CC(OCC2CCOCC2)C12CCCCC2. The van der Waals surface area contributed by atoms with E-state index in [1.807, 2.05) is 0 Å². The Bertz CT molecular complexity index is 295. The Morgan fingerprint density at radius 1 is 1.15 bits per heavy atom. The molecule has 0 aromatic heterocycles. The third-order valence-corrected chi connectivity index (χ3v) is 5.89. The van der Waals surface area contributed by atoms with Gasteiger partial charge in [-0.3, -0.25) is 0 Å². The van der Waals surface area contributed by atoms with Crippen molar-refractivity contribution < 1.29 is 9.47 Å². The first-order chi connectivity index (χ1) is 9.85. The standard InChI is InChI=1S/C17H31NO2/c1-2-18-15-12-16(17(15)8-4-3-5-9-17)20-13-14-6-10-19-11-7-14/h14-16,18H,2-13H2,1H3. The summed E-state index contributed by atoms with van der Waals surface area (Å²) in [6.45, 7) is 6.16. The lowest BCUT2D eigenvalue weighted by Crippen LogP contribution is -2.64. The van der Waals surface area contributed by atoms with Crippen molar-refractivity contribution in [1.29, 1.82) is 0 Å². The quantitative estimate of drug-likeness (QED) is 0.840. The molecule has 3 aliphatic rings. The monoisotopic (exact) mass is 281 g/mol. The molecule has 2 aliphatic carbocycles. The molecule has 2 saturated carbocycles. The third-order valence-electron chi connectivity index (χ3n) is 5.89. The van der Waals surface area contributed by atoms with Crippen molar-refractivity contribution in [3.63, 3.8) is 0 Å². The van der Waals surface area contributed by atoms with Crippen molar-refractivity contribution in [3.8, 4) is 0 Å². The second-order valence-corrected chi connectivity index (χ2v) is 7.02. The first-order valence-electron chi connectivity index (χ1n) is 8.78. The van der Waals surface area contributed by atoms with E-state index in [1.54, 1.807) is 0 Å². The maximum absolute atomic E-state index is 6.39. The molecule has 0 amide bonds. The van der Waals surface area contributed by atoms with Crippen LogP contribution in [0.1, 0.15) is 58.3 Å². The highest BCUT2D eigenvalue weighted by Crippen LogP contribution is 2.53. The molecule has 1 aliphatic heterocycles. The highest BCUT2D eigenvalue weighted by molar-refractivity contribution is 5.08. The first-order valence-corrected chi connectivity index (χ1v) is 8.78. The predicted octanol–water partition coefficient (Wildman–Crippen LogP) is 3.13. The Morgan fingerprint density at radius 2 is 1.90 bits per heavy atom. The van der Waals surface area contributed by atoms with Crippen molar-refractivity contribution in [2.75, 3.05) is 26.4 Å². The number of hydrogen-bond acceptors (Lipinski definition) is 3. The zero-order chi connectivity index (χ0) is 13.8. The Kier molecular flexibility index (Phi) is 5.00. The molecule has 0 radical (unpaired) electrons. The maximum Gasteiger partial charge on any atom is 0.0661 e. The van der Waals surface area contributed by atoms with Crippen LogP contribution in [0.5, 0.6) is 0 Å². The molecular formula is C17H31NO2. The van der Waals surface area contributed by atoms with Crippen molar-refractivity contribution in [2.45, 2.75) is 70.4 Å². The summed E-state index contributed by atoms with van der Waals surface area (Å²) < 4.78 is 11.8. The van der Waals surface area contributed by atoms with Crippen LogP contribution >= 0.6 is 0 Å². The Balaban J connectivity index is 1.52. The third kappa shape index (κ3) is 2.90. The van der Waals surface area contributed by atoms with Gasteiger partial charge < -0.3 is 14.8 Å². The smallest absolute Gasteiger partial charge is 0.0661 e. The number of nitrogens with one attached hydrogen (secondary N) is 1. The molecule has 0 bridgehead atoms. The van der Waals surface area contributed by atoms with Gasteiger partial charge in [0.15, 0.2) is 0 Å². The van der Waals surface area contributed by atoms with E-state index in [9.17, 15) is 0 Å². The summed E-state index contributed by atoms with van der Waals surface area (Å²) in [6, 6.07) is 0.715. The van der Waals surface area contributed by atoms with Crippen LogP contribution in [0.4, 0.5) is 0 Å². The number of hydrogen-bond donors (Lipinski definition) is 1. The molecule has 3 fully saturated rings. The molecule has 20 heavy (non-hydrogen) atoms. The van der Waals surface area contributed by atoms with E-state index in [-0.39, 0.29) is 0 Å². The van der Waals surface area contributed by atoms with Gasteiger partial charge in [-0.25, -0.2) is 0 Å². The first kappa shape index (κ1) is 14.8. The molecule has 3 heteroatoms. The van der Waals surface area contributed by atoms with Crippen molar-refractivity contribution in [1.82, 2.24) is 5.32 Å². The zero-order valence-electron chi connectivity index (χ0n) is 13.0. The topological polar surface area (TPSA) is 30.5 Å². The van der Waals surface area contributed by atoms with E-state index >= 15 is 0 Å². The van der Waals surface area contributed by atoms with Gasteiger partial charge in [0, 0.05) is 31.3 Å². The second-order valence-electron chi connectivity index (χ2n) is 7.02. The summed E-state index contributed by atoms with van der Waals surface area (Å²) in [5.41, 5.74) is 0.472. The molecule has 2 atom stereocenters. The zero-order valence-corrected chi connectivity index (χ0v) is 13.0. The van der Waals surface area contributed by atoms with Gasteiger partial charge >= 0.3 is 0 Å². The fourth-order valence-corrected chi connectivity index (χ4v) is 4.56. The Hall–Kier alpha value is -0.120. The van der Waals surface area contributed by atoms with Gasteiger partial charge in [-0.2, -0.15) is 0 Å². The van der Waals surface area contributed by atoms with E-state index in [1.165, 1.54) is 51.4 Å². The summed E-state index contributed by atoms with van der Waals surface area (Å²) >= 11 is 0. The van der Waals surface area contributed by atoms with Crippen LogP contribution in [-0.2, 0) is 9.47 Å². The van der Waals surface area contributed by atoms with E-state index in [0.29, 0.717) is 17.6 Å². The molecule has 116 valence electrons. The van der Waals surface area contributed by atoms with Crippen LogP contribution < -0.4 is 5.32 Å². The van der Waals surface area contributed by atoms with Gasteiger partial charge in [-0.15, -0.1) is 0 Å². The summed E-state index contributed by atoms with van der Waals surface area (Å²) in [4.78, 5) is 0. The highest BCUT2D eigenvalue weighted by atomic mass is 16.5. The lowest BCUT2D eigenvalue weighted by Gasteiger charge is -2.58. The average Bonchev–Trinajstić information content (AvgIpc) is 2.52. The number of rotatable bonds is 5. The molecule has 0 aromatic carbocycles. The molecule has 1 heterocycles. The molecule has 3 nitrogen and oxygen atoms in total. The summed E-state index contributed by atoms with van der Waals surface area (Å²) in [7, 11) is 0. The van der Waals surface area contributed by atoms with Crippen LogP contribution in [0.25, 0.3) is 0 Å². The molecule has 0 aromatic rings. The molecular weight excluding hydrogens is 250 g/mol. The fraction of sp³-hybridized carbons (Fsp3) is 1.00. The van der Waals surface area contributed by atoms with Crippen LogP contribution in [0.2, 0.25) is 0 Å². The van der Waals surface area contributed by atoms with Crippen LogP contribution in [-0.4, -0.2) is 38.5 Å². The van der Waals surface area contributed by atoms with Crippen LogP contribution in [0.3, 0.4) is 0 Å². The maximum atomic E-state index is 6.39. The molecule has 1 N–H and O–H groups in total. The summed E-state index contributed by atoms with van der Waals surface area (Å²) in [5, 5.41) is 3.71. The van der Waals surface area contributed by atoms with Gasteiger partial charge in [-0.1, -0.05) is 26.2 Å². The average molecular weight is 281 g/mol. The normalized spacial score (nSPS) is 34.0. The minimum Gasteiger partial charge on any atom is -0.381 e. The lowest BCUT2D eigenvalue weighted by atomic mass is 9.55. The number of ether oxygens (including phenoxy) is 2. The summed E-state index contributed by atoms with van der Waals surface area (Å²) in [6.07, 6.45) is 11.1.